The maximum absolute atomic E-state index is 13.1. The molecule has 0 radical (unpaired) electrons. The van der Waals surface area contributed by atoms with Crippen molar-refractivity contribution in [1.82, 2.24) is 0 Å². The zero-order chi connectivity index (χ0) is 74.6. The van der Waals surface area contributed by atoms with Crippen molar-refractivity contribution in [1.29, 1.82) is 0 Å². The predicted octanol–water partition coefficient (Wildman–Crippen LogP) is 24.0. The molecule has 0 amide bonds. The first-order chi connectivity index (χ1) is 49.7. The van der Waals surface area contributed by atoms with Gasteiger partial charge in [-0.2, -0.15) is 0 Å². The van der Waals surface area contributed by atoms with Gasteiger partial charge in [0.05, 0.1) is 26.4 Å². The summed E-state index contributed by atoms with van der Waals surface area (Å²) in [5.41, 5.74) is 0. The monoisotopic (exact) mass is 1480 g/mol. The summed E-state index contributed by atoms with van der Waals surface area (Å²) in [5.74, 6) is -2.18. The lowest BCUT2D eigenvalue weighted by molar-refractivity contribution is -0.161. The zero-order valence-electron chi connectivity index (χ0n) is 65.0. The van der Waals surface area contributed by atoms with E-state index in [1.54, 1.807) is 0 Å². The molecule has 5 unspecified atom stereocenters. The molecule has 0 spiro atoms. The molecule has 102 heavy (non-hydrogen) atoms. The van der Waals surface area contributed by atoms with E-state index in [9.17, 15) is 43.2 Å². The second kappa shape index (κ2) is 75.7. The number of esters is 4. The minimum absolute atomic E-state index is 0.0852. The minimum atomic E-state index is -4.98. The molecule has 0 heterocycles. The Morgan fingerprint density at radius 1 is 0.275 bits per heavy atom. The molecule has 0 fully saturated rings. The number of hydrogen-bond donors (Lipinski definition) is 3. The smallest absolute Gasteiger partial charge is 0.462 e. The molecule has 0 aliphatic heterocycles. The number of carbonyl (C=O) groups excluding carboxylic acids is 4. The summed E-state index contributed by atoms with van der Waals surface area (Å²) >= 11 is 0. The Morgan fingerprint density at radius 2 is 0.480 bits per heavy atom. The van der Waals surface area contributed by atoms with Crippen LogP contribution in [0.2, 0.25) is 0 Å². The second-order valence-corrected chi connectivity index (χ2v) is 30.6. The van der Waals surface area contributed by atoms with Gasteiger partial charge in [0, 0.05) is 25.7 Å². The Labute approximate surface area is 622 Å². The van der Waals surface area contributed by atoms with E-state index in [1.165, 1.54) is 128 Å². The zero-order valence-corrected chi connectivity index (χ0v) is 66.8. The number of unbranched alkanes of at least 4 members (excludes halogenated alkanes) is 40. The largest absolute Gasteiger partial charge is 0.472 e. The van der Waals surface area contributed by atoms with Crippen molar-refractivity contribution >= 4 is 39.5 Å². The van der Waals surface area contributed by atoms with E-state index in [0.717, 1.165) is 167 Å². The van der Waals surface area contributed by atoms with E-state index in [-0.39, 0.29) is 25.7 Å². The molecule has 5 atom stereocenters. The summed E-state index contributed by atoms with van der Waals surface area (Å²) in [6, 6.07) is 0. The highest BCUT2D eigenvalue weighted by atomic mass is 31.2. The maximum Gasteiger partial charge on any atom is 0.472 e. The van der Waals surface area contributed by atoms with E-state index in [2.05, 4.69) is 101 Å². The summed E-state index contributed by atoms with van der Waals surface area (Å²) in [6.07, 6.45) is 77.2. The van der Waals surface area contributed by atoms with Crippen LogP contribution in [0, 0.1) is 0 Å². The summed E-state index contributed by atoms with van der Waals surface area (Å²) < 4.78 is 68.7. The van der Waals surface area contributed by atoms with Gasteiger partial charge in [0.1, 0.15) is 19.3 Å². The van der Waals surface area contributed by atoms with Gasteiger partial charge in [-0.1, -0.05) is 300 Å². The van der Waals surface area contributed by atoms with Crippen LogP contribution in [-0.4, -0.2) is 96.7 Å². The van der Waals surface area contributed by atoms with Crippen LogP contribution in [0.5, 0.6) is 0 Å². The molecular weight excluding hydrogens is 1330 g/mol. The van der Waals surface area contributed by atoms with Crippen LogP contribution >= 0.6 is 15.6 Å². The Balaban J connectivity index is 5.34. The fourth-order valence-corrected chi connectivity index (χ4v) is 12.9. The van der Waals surface area contributed by atoms with Gasteiger partial charge in [0.2, 0.25) is 0 Å². The van der Waals surface area contributed by atoms with Crippen molar-refractivity contribution in [3.8, 4) is 0 Å². The molecule has 0 aliphatic carbocycles. The first-order valence-corrected chi connectivity index (χ1v) is 44.2. The lowest BCUT2D eigenvalue weighted by Gasteiger charge is -2.21. The highest BCUT2D eigenvalue weighted by Gasteiger charge is 2.30. The lowest BCUT2D eigenvalue weighted by atomic mass is 10.0. The van der Waals surface area contributed by atoms with E-state index >= 15 is 0 Å². The summed E-state index contributed by atoms with van der Waals surface area (Å²) in [6.45, 7) is 4.85. The quantitative estimate of drug-likeness (QED) is 0.0169. The van der Waals surface area contributed by atoms with Gasteiger partial charge in [0.25, 0.3) is 0 Å². The van der Waals surface area contributed by atoms with Crippen LogP contribution in [0.1, 0.15) is 374 Å². The molecule has 0 bridgehead atoms. The molecular formula is C83H150O17P2. The third kappa shape index (κ3) is 74.8. The van der Waals surface area contributed by atoms with Crippen LogP contribution in [-0.2, 0) is 65.4 Å². The predicted molar refractivity (Wildman–Crippen MR) is 418 cm³/mol. The van der Waals surface area contributed by atoms with Crippen molar-refractivity contribution in [2.45, 2.75) is 393 Å². The average Bonchev–Trinajstić information content (AvgIpc) is 0.908. The van der Waals surface area contributed by atoms with E-state index in [0.29, 0.717) is 25.7 Å². The van der Waals surface area contributed by atoms with Gasteiger partial charge in [-0.25, -0.2) is 9.13 Å². The van der Waals surface area contributed by atoms with Gasteiger partial charge < -0.3 is 33.8 Å². The fourth-order valence-electron chi connectivity index (χ4n) is 11.3. The van der Waals surface area contributed by atoms with Crippen molar-refractivity contribution in [2.24, 2.45) is 0 Å². The molecule has 0 rings (SSSR count). The molecule has 0 aromatic heterocycles. The summed E-state index contributed by atoms with van der Waals surface area (Å²) in [5, 5.41) is 10.6. The lowest BCUT2D eigenvalue weighted by Crippen LogP contribution is -2.30. The molecule has 0 saturated heterocycles. The van der Waals surface area contributed by atoms with Crippen molar-refractivity contribution < 1.29 is 80.2 Å². The fraction of sp³-hybridized carbons (Fsp3) is 0.807. The number of allylic oxidation sites excluding steroid dienone is 12. The first-order valence-electron chi connectivity index (χ1n) is 41.2. The Bertz CT molecular complexity index is 2210. The molecule has 19 heteroatoms. The molecule has 594 valence electrons. The number of phosphoric ester groups is 2. The number of hydrogen-bond acceptors (Lipinski definition) is 15. The highest BCUT2D eigenvalue weighted by molar-refractivity contribution is 7.47. The summed E-state index contributed by atoms with van der Waals surface area (Å²) in [4.78, 5) is 73.0. The minimum Gasteiger partial charge on any atom is -0.462 e. The van der Waals surface area contributed by atoms with Gasteiger partial charge in [-0.3, -0.25) is 37.3 Å². The topological polar surface area (TPSA) is 237 Å². The Hall–Kier alpha value is -3.50. The van der Waals surface area contributed by atoms with Gasteiger partial charge in [0.15, 0.2) is 12.2 Å². The maximum atomic E-state index is 13.1. The second-order valence-electron chi connectivity index (χ2n) is 27.7. The Kier molecular flexibility index (Phi) is 73.1. The standard InChI is InChI=1S/C83H150O17P2/c1-5-9-13-17-21-25-29-33-36-37-38-39-42-45-48-52-56-60-64-68-81(86)94-73-78(99-82(87)69-65-61-57-53-49-43-32-28-24-20-16-12-8-4)75-97-101(89,90)95-71-77(84)72-96-102(91,92)98-76-79(100-83(88)70-66-62-58-54-50-46-41-35-31-27-23-19-15-11-7-3)74-93-80(85)67-63-59-55-51-47-44-40-34-30-26-22-18-14-10-6-2/h21-22,25-26,33-36,38-41,77-79,84H,5-20,23-24,27-32,37,42-76H2,1-4H3,(H,89,90)(H,91,92)/b25-21-,26-22-,36-33-,39-38-,40-34-,41-35-. The van der Waals surface area contributed by atoms with Gasteiger partial charge in [-0.15, -0.1) is 0 Å². The molecule has 3 N–H and O–H groups in total. The van der Waals surface area contributed by atoms with Crippen LogP contribution in [0.25, 0.3) is 0 Å². The number of rotatable bonds is 78. The van der Waals surface area contributed by atoms with Crippen LogP contribution in [0.15, 0.2) is 72.9 Å². The van der Waals surface area contributed by atoms with E-state index in [4.69, 9.17) is 37.0 Å². The Morgan fingerprint density at radius 3 is 0.765 bits per heavy atom. The molecule has 17 nitrogen and oxygen atoms in total. The van der Waals surface area contributed by atoms with Gasteiger partial charge in [-0.05, 0) is 122 Å². The van der Waals surface area contributed by atoms with Crippen molar-refractivity contribution in [3.63, 3.8) is 0 Å². The normalized spacial score (nSPS) is 14.2. The van der Waals surface area contributed by atoms with Crippen molar-refractivity contribution in [2.75, 3.05) is 39.6 Å². The molecule has 0 saturated carbocycles. The highest BCUT2D eigenvalue weighted by Crippen LogP contribution is 2.45. The number of phosphoric acid groups is 2. The molecule has 0 aromatic rings. The number of aliphatic hydroxyl groups is 1. The van der Waals surface area contributed by atoms with E-state index < -0.39 is 97.5 Å². The molecule has 0 aliphatic rings. The number of carbonyl (C=O) groups is 4. The average molecular weight is 1480 g/mol. The molecule has 0 aromatic carbocycles. The third-order valence-electron chi connectivity index (χ3n) is 17.6. The van der Waals surface area contributed by atoms with Crippen LogP contribution in [0.4, 0.5) is 0 Å². The number of aliphatic hydroxyl groups excluding tert-OH is 1. The van der Waals surface area contributed by atoms with E-state index in [1.807, 2.05) is 0 Å². The van der Waals surface area contributed by atoms with Crippen LogP contribution in [0.3, 0.4) is 0 Å². The van der Waals surface area contributed by atoms with Crippen molar-refractivity contribution in [3.05, 3.63) is 72.9 Å². The van der Waals surface area contributed by atoms with Crippen LogP contribution < -0.4 is 0 Å². The summed E-state index contributed by atoms with van der Waals surface area (Å²) in [7, 11) is -9.95. The SMILES string of the molecule is CCCCC/C=C\C/C=C\C/C=C\CCCCCCCCC(=O)OCC(COP(=O)(O)OCC(O)COP(=O)(O)OCC(COC(=O)CCCCCCC/C=C\C/C=C\CCCCC)OC(=O)CCCCCCC/C=C\CCCCCCCC)OC(=O)CCCCCCCCCCCCCCC. The number of ether oxygens (including phenoxy) is 4. The first kappa shape index (κ1) is 98.5. The van der Waals surface area contributed by atoms with Gasteiger partial charge >= 0.3 is 39.5 Å². The third-order valence-corrected chi connectivity index (χ3v) is 19.5.